The third-order valence-corrected chi connectivity index (χ3v) is 8.24. The zero-order valence-electron chi connectivity index (χ0n) is 22.1. The second-order valence-corrected chi connectivity index (χ2v) is 10.7. The van der Waals surface area contributed by atoms with Gasteiger partial charge in [0, 0.05) is 55.7 Å². The number of rotatable bonds is 6. The van der Waals surface area contributed by atoms with Crippen molar-refractivity contribution in [3.63, 3.8) is 0 Å². The Labute approximate surface area is 223 Å². The minimum absolute atomic E-state index is 0.327. The van der Waals surface area contributed by atoms with Crippen molar-refractivity contribution in [3.8, 4) is 11.4 Å². The molecule has 0 radical (unpaired) electrons. The van der Waals surface area contributed by atoms with Gasteiger partial charge in [0.25, 0.3) is 0 Å². The van der Waals surface area contributed by atoms with Crippen molar-refractivity contribution in [2.75, 3.05) is 50.0 Å². The molecule has 2 aromatic carbocycles. The van der Waals surface area contributed by atoms with Gasteiger partial charge in [-0.25, -0.2) is 14.6 Å². The number of nitrogens with one attached hydrogen (secondary N) is 1. The van der Waals surface area contributed by atoms with Crippen LogP contribution in [0.1, 0.15) is 37.3 Å². The normalized spacial score (nSPS) is 21.1. The maximum atomic E-state index is 6.45. The minimum atomic E-state index is 0.327. The van der Waals surface area contributed by atoms with Crippen molar-refractivity contribution in [3.05, 3.63) is 60.3 Å². The first kappa shape index (κ1) is 24.6. The Hall–Kier alpha value is -3.69. The smallest absolute Gasteiger partial charge is 0.166 e. The highest BCUT2D eigenvalue weighted by Gasteiger charge is 2.30. The van der Waals surface area contributed by atoms with Crippen LogP contribution >= 0.6 is 0 Å². The molecular weight excluding hydrogens is 474 g/mol. The molecule has 1 saturated carbocycles. The first-order valence-electron chi connectivity index (χ1n) is 13.7. The van der Waals surface area contributed by atoms with Crippen LogP contribution in [0, 0.1) is 0 Å². The van der Waals surface area contributed by atoms with E-state index in [1.54, 1.807) is 0 Å². The highest BCUT2D eigenvalue weighted by molar-refractivity contribution is 5.88. The standard InChI is InChI=1S/C29H37N9/c1-36-14-16-37(17-15-36)21-10-12-22(13-11-21)38-29-24(19-33-38)27(31)34-28(35-29)23-7-3-5-9-26(23)32-18-20-6-2-4-8-25(20)30/h2-9,19,21-22,32H,10-18,30H2,1H3,(H2,31,34,35). The van der Waals surface area contributed by atoms with Crippen LogP contribution < -0.4 is 16.8 Å². The minimum Gasteiger partial charge on any atom is -0.398 e. The molecule has 5 N–H and O–H groups in total. The van der Waals surface area contributed by atoms with Crippen molar-refractivity contribution in [2.45, 2.75) is 44.3 Å². The Bertz CT molecular complexity index is 1400. The number of nitrogen functional groups attached to an aromatic ring is 2. The number of hydrogen-bond acceptors (Lipinski definition) is 8. The molecule has 3 heterocycles. The number of fused-ring (bicyclic) bond motifs is 1. The molecule has 198 valence electrons. The Morgan fingerprint density at radius 2 is 1.58 bits per heavy atom. The van der Waals surface area contributed by atoms with Crippen LogP contribution in [0.5, 0.6) is 0 Å². The molecule has 2 aliphatic rings. The summed E-state index contributed by atoms with van der Waals surface area (Å²) < 4.78 is 2.10. The molecular formula is C29H37N9. The number of anilines is 3. The Balaban J connectivity index is 1.23. The summed E-state index contributed by atoms with van der Waals surface area (Å²) in [4.78, 5) is 14.8. The maximum Gasteiger partial charge on any atom is 0.166 e. The summed E-state index contributed by atoms with van der Waals surface area (Å²) in [5.41, 5.74) is 17.1. The number of benzene rings is 2. The van der Waals surface area contributed by atoms with Gasteiger partial charge < -0.3 is 21.7 Å². The van der Waals surface area contributed by atoms with Crippen LogP contribution in [0.15, 0.2) is 54.7 Å². The Morgan fingerprint density at radius 3 is 2.37 bits per heavy atom. The molecule has 2 aromatic heterocycles. The number of hydrogen-bond donors (Lipinski definition) is 3. The zero-order valence-corrected chi connectivity index (χ0v) is 22.1. The van der Waals surface area contributed by atoms with Gasteiger partial charge in [-0.3, -0.25) is 4.90 Å². The molecule has 2 fully saturated rings. The predicted octanol–water partition coefficient (Wildman–Crippen LogP) is 4.00. The maximum absolute atomic E-state index is 6.45. The van der Waals surface area contributed by atoms with E-state index in [1.807, 2.05) is 54.7 Å². The van der Waals surface area contributed by atoms with E-state index < -0.39 is 0 Å². The molecule has 9 nitrogen and oxygen atoms in total. The van der Waals surface area contributed by atoms with E-state index in [9.17, 15) is 0 Å². The number of likely N-dealkylation sites (N-methyl/N-ethyl adjacent to an activating group) is 1. The van der Waals surface area contributed by atoms with Crippen molar-refractivity contribution >= 4 is 28.2 Å². The first-order valence-corrected chi connectivity index (χ1v) is 13.7. The third-order valence-electron chi connectivity index (χ3n) is 8.24. The number of nitrogens with zero attached hydrogens (tertiary/aromatic N) is 6. The quantitative estimate of drug-likeness (QED) is 0.333. The van der Waals surface area contributed by atoms with Crippen molar-refractivity contribution in [2.24, 2.45) is 0 Å². The van der Waals surface area contributed by atoms with Crippen molar-refractivity contribution < 1.29 is 0 Å². The molecule has 0 spiro atoms. The lowest BCUT2D eigenvalue weighted by atomic mass is 9.90. The van der Waals surface area contributed by atoms with Crippen LogP contribution in [0.2, 0.25) is 0 Å². The Kier molecular flexibility index (Phi) is 6.86. The number of aromatic nitrogens is 4. The molecule has 9 heteroatoms. The van der Waals surface area contributed by atoms with Crippen molar-refractivity contribution in [1.82, 2.24) is 29.5 Å². The first-order chi connectivity index (χ1) is 18.6. The monoisotopic (exact) mass is 511 g/mol. The molecule has 1 aliphatic carbocycles. The topological polar surface area (TPSA) is 114 Å². The van der Waals surface area contributed by atoms with Gasteiger partial charge in [0.1, 0.15) is 5.82 Å². The molecule has 1 aliphatic heterocycles. The second kappa shape index (κ2) is 10.6. The van der Waals surface area contributed by atoms with E-state index in [0.717, 1.165) is 59.5 Å². The lowest BCUT2D eigenvalue weighted by Gasteiger charge is -2.41. The molecule has 0 unspecified atom stereocenters. The molecule has 0 amide bonds. The van der Waals surface area contributed by atoms with E-state index in [1.165, 1.54) is 25.9 Å². The summed E-state index contributed by atoms with van der Waals surface area (Å²) in [6.07, 6.45) is 6.41. The van der Waals surface area contributed by atoms with Crippen LogP contribution in [0.25, 0.3) is 22.4 Å². The van der Waals surface area contributed by atoms with Crippen LogP contribution in [-0.2, 0) is 6.54 Å². The lowest BCUT2D eigenvalue weighted by molar-refractivity contribution is 0.0815. The Morgan fingerprint density at radius 1 is 0.868 bits per heavy atom. The molecule has 6 rings (SSSR count). The molecule has 0 atom stereocenters. The summed E-state index contributed by atoms with van der Waals surface area (Å²) in [6.45, 7) is 5.29. The van der Waals surface area contributed by atoms with Gasteiger partial charge in [0.15, 0.2) is 11.5 Å². The lowest BCUT2D eigenvalue weighted by Crippen LogP contribution is -2.49. The summed E-state index contributed by atoms with van der Waals surface area (Å²) in [5, 5.41) is 9.09. The van der Waals surface area contributed by atoms with Crippen molar-refractivity contribution in [1.29, 1.82) is 0 Å². The molecule has 38 heavy (non-hydrogen) atoms. The van der Waals surface area contributed by atoms with Gasteiger partial charge >= 0.3 is 0 Å². The average molecular weight is 512 g/mol. The fraction of sp³-hybridized carbons (Fsp3) is 0.414. The van der Waals surface area contributed by atoms with E-state index >= 15 is 0 Å². The molecule has 4 aromatic rings. The van der Waals surface area contributed by atoms with Crippen LogP contribution in [-0.4, -0.2) is 68.8 Å². The van der Waals surface area contributed by atoms with Crippen LogP contribution in [0.3, 0.4) is 0 Å². The SMILES string of the molecule is CN1CCN(C2CCC(n3ncc4c(N)nc(-c5ccccc5NCc5ccccc5N)nc43)CC2)CC1. The fourth-order valence-corrected chi connectivity index (χ4v) is 5.91. The second-order valence-electron chi connectivity index (χ2n) is 10.7. The number of para-hydroxylation sites is 2. The third kappa shape index (κ3) is 4.91. The van der Waals surface area contributed by atoms with Gasteiger partial charge in [-0.05, 0) is 56.5 Å². The number of nitrogens with two attached hydrogens (primary N) is 2. The van der Waals surface area contributed by atoms with Gasteiger partial charge in [-0.1, -0.05) is 30.3 Å². The van der Waals surface area contributed by atoms with E-state index in [0.29, 0.717) is 30.3 Å². The van der Waals surface area contributed by atoms with E-state index in [-0.39, 0.29) is 0 Å². The van der Waals surface area contributed by atoms with Gasteiger partial charge in [-0.15, -0.1) is 0 Å². The van der Waals surface area contributed by atoms with Crippen LogP contribution in [0.4, 0.5) is 17.2 Å². The van der Waals surface area contributed by atoms with Gasteiger partial charge in [0.05, 0.1) is 17.6 Å². The highest BCUT2D eigenvalue weighted by Crippen LogP contribution is 2.35. The van der Waals surface area contributed by atoms with E-state index in [2.05, 4.69) is 31.8 Å². The molecule has 1 saturated heterocycles. The zero-order chi connectivity index (χ0) is 26.1. The largest absolute Gasteiger partial charge is 0.398 e. The van der Waals surface area contributed by atoms with Gasteiger partial charge in [0.2, 0.25) is 0 Å². The summed E-state index contributed by atoms with van der Waals surface area (Å²) in [5.74, 6) is 1.07. The fourth-order valence-electron chi connectivity index (χ4n) is 5.91. The summed E-state index contributed by atoms with van der Waals surface area (Å²) in [7, 11) is 2.21. The number of piperazine rings is 1. The highest BCUT2D eigenvalue weighted by atomic mass is 15.3. The summed E-state index contributed by atoms with van der Waals surface area (Å²) in [6, 6.07) is 17.0. The molecule has 0 bridgehead atoms. The summed E-state index contributed by atoms with van der Waals surface area (Å²) >= 11 is 0. The predicted molar refractivity (Wildman–Crippen MR) is 154 cm³/mol. The van der Waals surface area contributed by atoms with E-state index in [4.69, 9.17) is 21.5 Å². The average Bonchev–Trinajstić information content (AvgIpc) is 3.38. The van der Waals surface area contributed by atoms with Gasteiger partial charge in [-0.2, -0.15) is 5.10 Å².